The summed E-state index contributed by atoms with van der Waals surface area (Å²) in [6, 6.07) is 3.03. The number of hydrogen-bond acceptors (Lipinski definition) is 4. The fraction of sp³-hybridized carbons (Fsp3) is 0. The van der Waals surface area contributed by atoms with E-state index in [0.717, 1.165) is 0 Å². The Bertz CT molecular complexity index is 309. The van der Waals surface area contributed by atoms with Crippen molar-refractivity contribution in [1.82, 2.24) is 4.98 Å². The molecule has 7 heteroatoms. The average Bonchev–Trinajstić information content (AvgIpc) is 2.03. The van der Waals surface area contributed by atoms with Gasteiger partial charge in [-0.15, -0.1) is 0 Å². The van der Waals surface area contributed by atoms with Crippen molar-refractivity contribution in [1.29, 1.82) is 0 Å². The Labute approximate surface area is 87.7 Å². The molecule has 1 heterocycles. The molecule has 0 aliphatic carbocycles. The maximum atomic E-state index is 10.9. The van der Waals surface area contributed by atoms with Gasteiger partial charge in [0.15, 0.2) is 0 Å². The third kappa shape index (κ3) is 2.11. The van der Waals surface area contributed by atoms with Crippen LogP contribution in [0.3, 0.4) is 0 Å². The lowest BCUT2D eigenvalue weighted by molar-refractivity contribution is 0.647. The van der Waals surface area contributed by atoms with Crippen molar-refractivity contribution in [3.63, 3.8) is 0 Å². The van der Waals surface area contributed by atoms with E-state index in [4.69, 9.17) is 5.73 Å². The highest BCUT2D eigenvalue weighted by Crippen LogP contribution is 2.26. The Hall–Kier alpha value is -0.280. The van der Waals surface area contributed by atoms with Crippen molar-refractivity contribution in [3.8, 4) is 0 Å². The Morgan fingerprint density at radius 2 is 2.33 bits per heavy atom. The number of aromatic nitrogens is 1. The van der Waals surface area contributed by atoms with E-state index in [0.29, 0.717) is 7.88 Å². The first-order chi connectivity index (χ1) is 5.65. The summed E-state index contributed by atoms with van der Waals surface area (Å²) >= 11 is 1.32. The standard InChI is InChI=1S/C5H4BrIN3O2/c6-4-2-1-3(5(8)9-4)10(12)7-11/h1-2H,(H2,8,9)/q-1. The van der Waals surface area contributed by atoms with E-state index in [1.165, 1.54) is 6.07 Å². The summed E-state index contributed by atoms with van der Waals surface area (Å²) in [5.41, 5.74) is 5.55. The molecule has 0 atom stereocenters. The molecular formula is C5H4BrIN3O2-. The van der Waals surface area contributed by atoms with Crippen LogP contribution in [0.15, 0.2) is 16.7 Å². The van der Waals surface area contributed by atoms with Crippen LogP contribution in [0.2, 0.25) is 0 Å². The van der Waals surface area contributed by atoms with E-state index in [9.17, 15) is 8.28 Å². The van der Waals surface area contributed by atoms with Gasteiger partial charge in [0, 0.05) is 0 Å². The summed E-state index contributed by atoms with van der Waals surface area (Å²) < 4.78 is 11.2. The van der Waals surface area contributed by atoms with Gasteiger partial charge in [0.2, 0.25) is 0 Å². The van der Waals surface area contributed by atoms with Gasteiger partial charge in [0.1, 0.15) is 10.4 Å². The van der Waals surface area contributed by atoms with Gasteiger partial charge < -0.3 is 14.2 Å². The van der Waals surface area contributed by atoms with Crippen LogP contribution < -0.4 is 9.01 Å². The number of nitrogens with two attached hydrogens (primary N) is 1. The minimum absolute atomic E-state index is 0.0786. The molecular weight excluding hydrogens is 341 g/mol. The summed E-state index contributed by atoms with van der Waals surface area (Å²) in [5.74, 6) is 0.0786. The lowest BCUT2D eigenvalue weighted by Gasteiger charge is -2.21. The number of hydrogen-bond donors (Lipinski definition) is 1. The minimum Gasteiger partial charge on any atom is -0.747 e. The predicted octanol–water partition coefficient (Wildman–Crippen LogP) is 1.96. The second-order valence-electron chi connectivity index (χ2n) is 1.85. The maximum Gasteiger partial charge on any atom is 0.262 e. The maximum absolute atomic E-state index is 10.9. The van der Waals surface area contributed by atoms with Crippen LogP contribution in [0.4, 0.5) is 11.5 Å². The summed E-state index contributed by atoms with van der Waals surface area (Å²) in [4.78, 5) is 3.77. The number of nitrogens with zero attached hydrogens (tertiary/aromatic N) is 2. The quantitative estimate of drug-likeness (QED) is 0.384. The fourth-order valence-electron chi connectivity index (χ4n) is 0.629. The van der Waals surface area contributed by atoms with Gasteiger partial charge in [0.25, 0.3) is 21.5 Å². The van der Waals surface area contributed by atoms with Crippen molar-refractivity contribution in [2.75, 3.05) is 9.01 Å². The Kier molecular flexibility index (Phi) is 3.35. The normalized spacial score (nSPS) is 9.83. The Balaban J connectivity index is 3.09. The zero-order valence-electron chi connectivity index (χ0n) is 5.70. The minimum atomic E-state index is -1.77. The van der Waals surface area contributed by atoms with E-state index in [1.54, 1.807) is 6.07 Å². The van der Waals surface area contributed by atoms with Crippen molar-refractivity contribution < 1.29 is 3.07 Å². The largest absolute Gasteiger partial charge is 0.747 e. The van der Waals surface area contributed by atoms with E-state index in [-0.39, 0.29) is 11.5 Å². The first-order valence-electron chi connectivity index (χ1n) is 2.82. The molecule has 0 unspecified atom stereocenters. The van der Waals surface area contributed by atoms with Gasteiger partial charge in [-0.3, -0.25) is 0 Å². The molecule has 0 saturated carbocycles. The number of halogens is 2. The number of anilines is 2. The fourth-order valence-corrected chi connectivity index (χ4v) is 1.57. The molecule has 12 heavy (non-hydrogen) atoms. The van der Waals surface area contributed by atoms with E-state index < -0.39 is 21.5 Å². The predicted molar refractivity (Wildman–Crippen MR) is 56.9 cm³/mol. The van der Waals surface area contributed by atoms with Crippen molar-refractivity contribution in [2.24, 2.45) is 0 Å². The average molecular weight is 345 g/mol. The molecule has 1 rings (SSSR count). The highest BCUT2D eigenvalue weighted by Gasteiger charge is 2.01. The van der Waals surface area contributed by atoms with Gasteiger partial charge in [-0.2, -0.15) is 0 Å². The van der Waals surface area contributed by atoms with Crippen LogP contribution in [0.1, 0.15) is 0 Å². The van der Waals surface area contributed by atoms with Gasteiger partial charge in [-0.25, -0.2) is 8.05 Å². The molecule has 0 aliphatic rings. The summed E-state index contributed by atoms with van der Waals surface area (Å²) in [6.45, 7) is 0. The lowest BCUT2D eigenvalue weighted by Crippen LogP contribution is -2.03. The SMILES string of the molecule is Nc1nc(Br)ccc1N([O-])I=O. The smallest absolute Gasteiger partial charge is 0.262 e. The van der Waals surface area contributed by atoms with Crippen molar-refractivity contribution in [2.45, 2.75) is 0 Å². The van der Waals surface area contributed by atoms with Crippen LogP contribution in [0, 0.1) is 5.21 Å². The number of pyridine rings is 1. The van der Waals surface area contributed by atoms with Crippen LogP contribution in [-0.2, 0) is 3.07 Å². The molecule has 0 amide bonds. The van der Waals surface area contributed by atoms with Gasteiger partial charge in [-0.05, 0) is 28.1 Å². The zero-order valence-corrected chi connectivity index (χ0v) is 9.44. The van der Waals surface area contributed by atoms with E-state index >= 15 is 0 Å². The first-order valence-corrected chi connectivity index (χ1v) is 5.45. The van der Waals surface area contributed by atoms with Crippen LogP contribution in [0.5, 0.6) is 0 Å². The molecule has 0 fully saturated rings. The Morgan fingerprint density at radius 3 is 2.83 bits per heavy atom. The summed E-state index contributed by atoms with van der Waals surface area (Å²) in [7, 11) is 0. The monoisotopic (exact) mass is 344 g/mol. The second-order valence-corrected chi connectivity index (χ2v) is 3.93. The number of nitrogen functional groups attached to an aromatic ring is 1. The Morgan fingerprint density at radius 1 is 1.67 bits per heavy atom. The van der Waals surface area contributed by atoms with Crippen molar-refractivity contribution >= 4 is 48.9 Å². The highest BCUT2D eigenvalue weighted by atomic mass is 127. The second kappa shape index (κ2) is 4.10. The topological polar surface area (TPSA) is 82.3 Å². The van der Waals surface area contributed by atoms with Crippen molar-refractivity contribution in [3.05, 3.63) is 21.9 Å². The molecule has 5 nitrogen and oxygen atoms in total. The lowest BCUT2D eigenvalue weighted by atomic mass is 10.4. The molecule has 66 valence electrons. The number of rotatable bonds is 2. The third-order valence-corrected chi connectivity index (χ3v) is 2.44. The van der Waals surface area contributed by atoms with E-state index in [1.807, 2.05) is 0 Å². The first kappa shape index (κ1) is 9.81. The summed E-state index contributed by atoms with van der Waals surface area (Å²) in [6.07, 6.45) is 0. The highest BCUT2D eigenvalue weighted by molar-refractivity contribution is 14.1. The molecule has 0 bridgehead atoms. The molecule has 0 radical (unpaired) electrons. The third-order valence-electron chi connectivity index (χ3n) is 1.12. The molecule has 0 aliphatic heterocycles. The molecule has 1 aromatic heterocycles. The molecule has 0 spiro atoms. The van der Waals surface area contributed by atoms with E-state index in [2.05, 4.69) is 20.9 Å². The van der Waals surface area contributed by atoms with Crippen LogP contribution >= 0.6 is 37.4 Å². The molecule has 1 aromatic rings. The zero-order chi connectivity index (χ0) is 9.14. The summed E-state index contributed by atoms with van der Waals surface area (Å²) in [5, 5.41) is 10.9. The van der Waals surface area contributed by atoms with Crippen LogP contribution in [0.25, 0.3) is 0 Å². The molecule has 2 N–H and O–H groups in total. The van der Waals surface area contributed by atoms with Gasteiger partial charge in [-0.1, -0.05) is 0 Å². The van der Waals surface area contributed by atoms with Gasteiger partial charge in [0.05, 0.1) is 5.69 Å². The molecule has 0 saturated heterocycles. The molecule has 0 aromatic carbocycles. The van der Waals surface area contributed by atoms with Gasteiger partial charge >= 0.3 is 0 Å². The van der Waals surface area contributed by atoms with Crippen LogP contribution in [-0.4, -0.2) is 4.98 Å².